The van der Waals surface area contributed by atoms with E-state index in [0.29, 0.717) is 22.8 Å². The average molecular weight is 1020 g/mol. The van der Waals surface area contributed by atoms with E-state index in [1.54, 1.807) is 30.3 Å². The molecule has 0 saturated heterocycles. The molecule has 0 unspecified atom stereocenters. The summed E-state index contributed by atoms with van der Waals surface area (Å²) in [7, 11) is -11.6. The van der Waals surface area contributed by atoms with E-state index in [-0.39, 0.29) is 79.5 Å². The normalized spacial score (nSPS) is 12.5. The number of rotatable bonds is 21. The van der Waals surface area contributed by atoms with Crippen LogP contribution in [0.5, 0.6) is 11.5 Å². The molecule has 0 radical (unpaired) electrons. The molecule has 30 heteroatoms. The fraction of sp³-hybridized carbons (Fsp3) is 0.0811. The van der Waals surface area contributed by atoms with Crippen molar-refractivity contribution in [3.05, 3.63) is 103 Å². The summed E-state index contributed by atoms with van der Waals surface area (Å²) in [5.41, 5.74) is 12.7. The van der Waals surface area contributed by atoms with Crippen LogP contribution in [-0.4, -0.2) is 64.9 Å². The van der Waals surface area contributed by atoms with Crippen LogP contribution in [0.3, 0.4) is 0 Å². The molecule has 0 saturated carbocycles. The molecule has 6 rings (SSSR count). The summed E-state index contributed by atoms with van der Waals surface area (Å²) in [5.74, 6) is -0.880. The number of hydrogen-bond donors (Lipinski definition) is 7. The number of sulfone groups is 1. The van der Waals surface area contributed by atoms with E-state index in [4.69, 9.17) is 30.9 Å². The molecule has 0 spiro atoms. The van der Waals surface area contributed by atoms with E-state index in [9.17, 15) is 34.9 Å². The third-order valence-corrected chi connectivity index (χ3v) is 13.8. The quantitative estimate of drug-likeness (QED) is 0.00671. The van der Waals surface area contributed by atoms with Gasteiger partial charge in [-0.25, -0.2) is 27.4 Å². The van der Waals surface area contributed by atoms with Crippen LogP contribution in [0.1, 0.15) is 0 Å². The number of nitrogens with zero attached hydrogens (tertiary/aromatic N) is 6. The van der Waals surface area contributed by atoms with Gasteiger partial charge in [-0.15, -0.1) is 24.0 Å². The van der Waals surface area contributed by atoms with Gasteiger partial charge in [0.1, 0.15) is 27.7 Å². The van der Waals surface area contributed by atoms with Crippen molar-refractivity contribution in [2.45, 2.75) is 19.6 Å². The summed E-state index contributed by atoms with van der Waals surface area (Å²) in [6.07, 6.45) is 0. The second kappa shape index (κ2) is 21.9. The highest BCUT2D eigenvalue weighted by Crippen LogP contribution is 2.50. The lowest BCUT2D eigenvalue weighted by atomic mass is 10.0. The molecule has 0 atom stereocenters. The fourth-order valence-electron chi connectivity index (χ4n) is 5.67. The van der Waals surface area contributed by atoms with Crippen LogP contribution in [-0.2, 0) is 52.9 Å². The van der Waals surface area contributed by atoms with Crippen LogP contribution in [0.15, 0.2) is 153 Å². The molecule has 67 heavy (non-hydrogen) atoms. The molecule has 0 aliphatic heterocycles. The first-order valence-corrected chi connectivity index (χ1v) is 24.2. The van der Waals surface area contributed by atoms with Crippen molar-refractivity contribution in [2.24, 2.45) is 30.7 Å². The van der Waals surface area contributed by atoms with Crippen LogP contribution < -0.4 is 20.9 Å². The Morgan fingerprint density at radius 2 is 1.27 bits per heavy atom. The van der Waals surface area contributed by atoms with Crippen molar-refractivity contribution >= 4 is 116 Å². The third kappa shape index (κ3) is 12.7. The van der Waals surface area contributed by atoms with Crippen LogP contribution in [0.2, 0.25) is 0 Å². The monoisotopic (exact) mass is 1020 g/mol. The predicted octanol–water partition coefficient (Wildman–Crippen LogP) is 9.22. The number of hydrogen-bond acceptors (Lipinski definition) is 25. The Hall–Kier alpha value is -6.39. The van der Waals surface area contributed by atoms with Gasteiger partial charge in [-0.2, -0.15) is 23.8 Å². The van der Waals surface area contributed by atoms with Gasteiger partial charge in [-0.1, -0.05) is 10.1 Å². The Bertz CT molecular complexity index is 3180. The summed E-state index contributed by atoms with van der Waals surface area (Å²) in [5, 5.41) is 59.1. The molecule has 352 valence electrons. The SMILES string of the molecule is COc1cc(N)ccc1N=Nc1ccc(NS(=O)(=O)c2ccc(N=Nc3cc(S(=O)(=O)O)c4cc(SOOO)c(N=Nc5ccc(S(=O)(=O)CCOSOOO)cc5)c(O)c4c3N)cc2)cc1. The van der Waals surface area contributed by atoms with Crippen LogP contribution in [0.4, 0.5) is 51.2 Å². The van der Waals surface area contributed by atoms with Crippen LogP contribution in [0, 0.1) is 0 Å². The summed E-state index contributed by atoms with van der Waals surface area (Å²) >= 11 is 0.451. The summed E-state index contributed by atoms with van der Waals surface area (Å²) in [6, 6.07) is 22.8. The maximum atomic E-state index is 13.2. The zero-order valence-electron chi connectivity index (χ0n) is 33.8. The number of azo groups is 3. The van der Waals surface area contributed by atoms with Gasteiger partial charge < -0.3 is 21.3 Å². The smallest absolute Gasteiger partial charge is 0.295 e. The van der Waals surface area contributed by atoms with Crippen molar-refractivity contribution in [3.63, 3.8) is 0 Å². The number of anilines is 3. The lowest BCUT2D eigenvalue weighted by molar-refractivity contribution is -0.434. The Labute approximate surface area is 388 Å². The number of nitrogen functional groups attached to an aromatic ring is 2. The number of fused-ring (bicyclic) bond motifs is 1. The molecule has 0 heterocycles. The number of benzene rings is 6. The molecule has 0 bridgehead atoms. The topological polar surface area (TPSA) is 377 Å². The second-order valence-electron chi connectivity index (χ2n) is 13.0. The number of ether oxygens (including phenoxy) is 1. The first-order chi connectivity index (χ1) is 31.9. The van der Waals surface area contributed by atoms with Gasteiger partial charge in [-0.3, -0.25) is 13.5 Å². The highest BCUT2D eigenvalue weighted by Gasteiger charge is 2.26. The third-order valence-electron chi connectivity index (χ3n) is 8.77. The summed E-state index contributed by atoms with van der Waals surface area (Å²) < 4.78 is 108. The van der Waals surface area contributed by atoms with E-state index in [0.717, 1.165) is 12.1 Å². The molecule has 6 aromatic carbocycles. The van der Waals surface area contributed by atoms with Gasteiger partial charge in [0.05, 0.1) is 74.3 Å². The molecular weight excluding hydrogens is 987 g/mol. The zero-order chi connectivity index (χ0) is 48.4. The number of aromatic hydroxyl groups is 1. The van der Waals surface area contributed by atoms with Gasteiger partial charge >= 0.3 is 0 Å². The Morgan fingerprint density at radius 3 is 1.87 bits per heavy atom. The largest absolute Gasteiger partial charge is 0.505 e. The summed E-state index contributed by atoms with van der Waals surface area (Å²) in [4.78, 5) is -1.32. The van der Waals surface area contributed by atoms with Gasteiger partial charge in [0.2, 0.25) is 0 Å². The minimum Gasteiger partial charge on any atom is -0.505 e. The predicted molar refractivity (Wildman–Crippen MR) is 241 cm³/mol. The molecule has 0 aliphatic carbocycles. The Morgan fingerprint density at radius 1 is 0.687 bits per heavy atom. The molecule has 9 N–H and O–H groups in total. The molecule has 0 amide bonds. The minimum absolute atomic E-state index is 0.0589. The van der Waals surface area contributed by atoms with Crippen molar-refractivity contribution in [1.82, 2.24) is 0 Å². The van der Waals surface area contributed by atoms with Crippen molar-refractivity contribution in [1.29, 1.82) is 0 Å². The first kappa shape index (κ1) is 50.0. The highest BCUT2D eigenvalue weighted by molar-refractivity contribution is 7.94. The fourth-order valence-corrected chi connectivity index (χ4v) is 9.33. The van der Waals surface area contributed by atoms with E-state index in [1.807, 2.05) is 0 Å². The minimum atomic E-state index is -5.09. The lowest BCUT2D eigenvalue weighted by Crippen LogP contribution is -2.12. The van der Waals surface area contributed by atoms with Crippen molar-refractivity contribution in [3.8, 4) is 11.5 Å². The number of phenolic OH excluding ortho intramolecular Hbond substituents is 1. The number of nitrogens with two attached hydrogens (primary N) is 2. The average Bonchev–Trinajstić information content (AvgIpc) is 3.30. The highest BCUT2D eigenvalue weighted by atomic mass is 32.2. The Kier molecular flexibility index (Phi) is 16.4. The van der Waals surface area contributed by atoms with E-state index >= 15 is 0 Å². The zero-order valence-corrected chi connectivity index (χ0v) is 37.9. The number of methoxy groups -OCH3 is 1. The van der Waals surface area contributed by atoms with Gasteiger partial charge in [0.15, 0.2) is 27.9 Å². The molecule has 0 fully saturated rings. The summed E-state index contributed by atoms with van der Waals surface area (Å²) in [6.45, 7) is -0.332. The van der Waals surface area contributed by atoms with Gasteiger partial charge in [0, 0.05) is 22.8 Å². The van der Waals surface area contributed by atoms with Crippen LogP contribution >= 0.6 is 24.4 Å². The second-order valence-corrected chi connectivity index (χ2v) is 19.5. The molecule has 6 aromatic rings. The number of sulfonamides is 1. The molecule has 0 aliphatic rings. The van der Waals surface area contributed by atoms with Crippen molar-refractivity contribution < 1.29 is 73.1 Å². The number of nitrogens with one attached hydrogen (secondary N) is 1. The van der Waals surface area contributed by atoms with E-state index in [2.05, 4.69) is 54.2 Å². The van der Waals surface area contributed by atoms with Gasteiger partial charge in [-0.05, 0) is 97.1 Å². The first-order valence-electron chi connectivity index (χ1n) is 18.2. The Balaban J connectivity index is 1.24. The lowest BCUT2D eigenvalue weighted by Gasteiger charge is -2.14. The van der Waals surface area contributed by atoms with Crippen molar-refractivity contribution in [2.75, 3.05) is 35.7 Å². The molecular formula is C37H33N9O16S5. The standard InChI is InChI=1S/C37H33N9O16S5/c1-57-31-18-21(38)2-15-29(31)43-40-22-3-5-25(6-4-22)46-66(52,53)27-13-9-23(10-14-27)41-44-30-20-33(67(54,55)56)28-19-32(63-61-59-48)36(37(47)34(28)35(30)39)45-42-24-7-11-26(12-8-24)65(50,51)17-16-58-64-62-60-49/h2-15,18-20,46-49H,16-17,38-39H2,1H3,(H,54,55,56). The molecule has 25 nitrogen and oxygen atoms in total. The molecule has 0 aromatic heterocycles. The van der Waals surface area contributed by atoms with E-state index < -0.39 is 57.5 Å². The van der Waals surface area contributed by atoms with E-state index in [1.165, 1.54) is 67.8 Å². The van der Waals surface area contributed by atoms with Gasteiger partial charge in [0.25, 0.3) is 20.1 Å². The number of phenols is 1. The maximum Gasteiger partial charge on any atom is 0.295 e. The maximum absolute atomic E-state index is 13.2. The van der Waals surface area contributed by atoms with Crippen LogP contribution in [0.25, 0.3) is 10.8 Å².